The van der Waals surface area contributed by atoms with E-state index < -0.39 is 19.7 Å². The molecule has 8 heteroatoms. The molecule has 0 spiro atoms. The van der Waals surface area contributed by atoms with Crippen LogP contribution in [0.4, 0.5) is 0 Å². The molecule has 4 aromatic carbocycles. The van der Waals surface area contributed by atoms with E-state index >= 15 is 0 Å². The van der Waals surface area contributed by atoms with Crippen molar-refractivity contribution in [3.63, 3.8) is 0 Å². The van der Waals surface area contributed by atoms with Crippen molar-refractivity contribution in [2.75, 3.05) is 11.5 Å². The molecule has 186 valence electrons. The minimum atomic E-state index is -3.37. The first-order valence-corrected chi connectivity index (χ1v) is 16.9. The smallest absolute Gasteiger partial charge is 0.178 e. The van der Waals surface area contributed by atoms with Crippen molar-refractivity contribution in [1.29, 1.82) is 0 Å². The number of benzene rings is 4. The summed E-state index contributed by atoms with van der Waals surface area (Å²) in [4.78, 5) is 2.67. The van der Waals surface area contributed by atoms with Gasteiger partial charge in [0.05, 0.1) is 21.3 Å². The van der Waals surface area contributed by atoms with E-state index in [1.54, 1.807) is 82.3 Å². The lowest BCUT2D eigenvalue weighted by molar-refractivity contribution is 0.593. The Morgan fingerprint density at radius 2 is 0.778 bits per heavy atom. The van der Waals surface area contributed by atoms with E-state index in [4.69, 9.17) is 0 Å². The molecule has 0 unspecified atom stereocenters. The summed E-state index contributed by atoms with van der Waals surface area (Å²) in [6, 6.07) is 32.7. The fourth-order valence-corrected chi connectivity index (χ4v) is 8.76. The molecule has 0 saturated carbocycles. The second kappa shape index (κ2) is 12.1. The second-order valence-corrected chi connectivity index (χ2v) is 14.6. The summed E-state index contributed by atoms with van der Waals surface area (Å²) in [5.74, 6) is 0.0698. The quantitative estimate of drug-likeness (QED) is 0.197. The van der Waals surface area contributed by atoms with E-state index in [-0.39, 0.29) is 11.5 Å². The maximum atomic E-state index is 12.7. The van der Waals surface area contributed by atoms with Crippen molar-refractivity contribution < 1.29 is 16.8 Å². The molecule has 4 aromatic rings. The molecule has 0 atom stereocenters. The predicted molar refractivity (Wildman–Crippen MR) is 149 cm³/mol. The zero-order valence-electron chi connectivity index (χ0n) is 19.5. The average molecular weight is 555 g/mol. The van der Waals surface area contributed by atoms with E-state index in [9.17, 15) is 16.8 Å². The average Bonchev–Trinajstić information content (AvgIpc) is 2.91. The third kappa shape index (κ3) is 7.03. The molecule has 0 bridgehead atoms. The molecule has 0 fully saturated rings. The van der Waals surface area contributed by atoms with Crippen molar-refractivity contribution in [2.24, 2.45) is 0 Å². The van der Waals surface area contributed by atoms with Gasteiger partial charge >= 0.3 is 0 Å². The van der Waals surface area contributed by atoms with Crippen LogP contribution in [0, 0.1) is 0 Å². The van der Waals surface area contributed by atoms with Crippen LogP contribution in [0.5, 0.6) is 0 Å². The van der Waals surface area contributed by atoms with Crippen LogP contribution in [0.1, 0.15) is 11.1 Å². The Morgan fingerprint density at radius 3 is 1.17 bits per heavy atom. The summed E-state index contributed by atoms with van der Waals surface area (Å²) in [5.41, 5.74) is 1.94. The fourth-order valence-electron chi connectivity index (χ4n) is 3.65. The molecule has 0 N–H and O–H groups in total. The number of hydrogen-bond donors (Lipinski definition) is 0. The van der Waals surface area contributed by atoms with Crippen LogP contribution in [-0.2, 0) is 32.5 Å². The van der Waals surface area contributed by atoms with Gasteiger partial charge in [0.25, 0.3) is 0 Å². The van der Waals surface area contributed by atoms with E-state index in [1.807, 2.05) is 48.5 Å². The Bertz CT molecular complexity index is 1380. The lowest BCUT2D eigenvalue weighted by atomic mass is 10.2. The van der Waals surface area contributed by atoms with Crippen molar-refractivity contribution in [2.45, 2.75) is 32.4 Å². The van der Waals surface area contributed by atoms with Crippen LogP contribution in [0.3, 0.4) is 0 Å². The molecule has 0 saturated heterocycles. The predicted octanol–water partition coefficient (Wildman–Crippen LogP) is 6.52. The summed E-state index contributed by atoms with van der Waals surface area (Å²) >= 11 is 0. The number of sulfone groups is 2. The van der Waals surface area contributed by atoms with Gasteiger partial charge in [-0.1, -0.05) is 94.4 Å². The van der Waals surface area contributed by atoms with Crippen LogP contribution in [0.15, 0.2) is 129 Å². The summed E-state index contributed by atoms with van der Waals surface area (Å²) in [5, 5.41) is 0. The highest BCUT2D eigenvalue weighted by atomic mass is 33.1. The van der Waals surface area contributed by atoms with Crippen LogP contribution >= 0.6 is 21.6 Å². The minimum Gasteiger partial charge on any atom is -0.224 e. The molecule has 0 aliphatic rings. The minimum absolute atomic E-state index is 0.0349. The Hall–Kier alpha value is -2.52. The number of hydrogen-bond acceptors (Lipinski definition) is 6. The normalized spacial score (nSPS) is 11.9. The van der Waals surface area contributed by atoms with Crippen LogP contribution in [-0.4, -0.2) is 28.3 Å². The highest BCUT2D eigenvalue weighted by Gasteiger charge is 2.17. The lowest BCUT2D eigenvalue weighted by Crippen LogP contribution is -2.09. The van der Waals surface area contributed by atoms with Gasteiger partial charge in [0.15, 0.2) is 19.7 Å². The molecule has 0 aliphatic heterocycles. The summed E-state index contributed by atoms with van der Waals surface area (Å²) < 4.78 is 50.9. The highest BCUT2D eigenvalue weighted by molar-refractivity contribution is 8.76. The van der Waals surface area contributed by atoms with E-state index in [1.165, 1.54) is 0 Å². The lowest BCUT2D eigenvalue weighted by Gasteiger charge is -2.12. The van der Waals surface area contributed by atoms with Gasteiger partial charge in [0.1, 0.15) is 0 Å². The molecule has 0 aromatic heterocycles. The number of aryl methyl sites for hydroxylation is 2. The van der Waals surface area contributed by atoms with Gasteiger partial charge in [-0.2, -0.15) is 0 Å². The van der Waals surface area contributed by atoms with Crippen molar-refractivity contribution in [3.05, 3.63) is 120 Å². The van der Waals surface area contributed by atoms with Crippen molar-refractivity contribution in [1.82, 2.24) is 0 Å². The highest BCUT2D eigenvalue weighted by Crippen LogP contribution is 2.41. The van der Waals surface area contributed by atoms with Gasteiger partial charge in [-0.15, -0.1) is 0 Å². The van der Waals surface area contributed by atoms with Gasteiger partial charge < -0.3 is 0 Å². The molecule has 4 rings (SSSR count). The second-order valence-electron chi connectivity index (χ2n) is 8.15. The van der Waals surface area contributed by atoms with Gasteiger partial charge in [-0.25, -0.2) is 16.8 Å². The summed E-state index contributed by atoms with van der Waals surface area (Å²) in [7, 11) is -3.61. The summed E-state index contributed by atoms with van der Waals surface area (Å²) in [6.45, 7) is 0. The standard InChI is InChI=1S/C28H26O4S4/c29-35(30,25-13-3-1-4-14-25)21-19-23-11-7-9-17-27(23)33-34-28-18-10-8-12-24(28)20-22-36(31,32)26-15-5-2-6-16-26/h1-18H,19-22H2. The van der Waals surface area contributed by atoms with E-state index in [0.29, 0.717) is 22.6 Å². The largest absolute Gasteiger partial charge is 0.224 e. The van der Waals surface area contributed by atoms with Crippen molar-refractivity contribution in [3.8, 4) is 0 Å². The molecule has 0 heterocycles. The zero-order valence-corrected chi connectivity index (χ0v) is 22.8. The van der Waals surface area contributed by atoms with Crippen LogP contribution in [0.2, 0.25) is 0 Å². The molecular weight excluding hydrogens is 529 g/mol. The SMILES string of the molecule is O=S(=O)(CCc1ccccc1SSc1ccccc1CCS(=O)(=O)c1ccccc1)c1ccccc1. The van der Waals surface area contributed by atoms with Gasteiger partial charge in [-0.3, -0.25) is 0 Å². The Balaban J connectivity index is 1.43. The Morgan fingerprint density at radius 1 is 0.444 bits per heavy atom. The first-order valence-electron chi connectivity index (χ1n) is 11.4. The van der Waals surface area contributed by atoms with Gasteiger partial charge in [0, 0.05) is 9.79 Å². The van der Waals surface area contributed by atoms with Gasteiger partial charge in [-0.05, 0) is 60.4 Å². The molecular formula is C28H26O4S4. The first-order chi connectivity index (χ1) is 17.4. The molecule has 36 heavy (non-hydrogen) atoms. The zero-order chi connectivity index (χ0) is 25.4. The van der Waals surface area contributed by atoms with E-state index in [0.717, 1.165) is 20.9 Å². The fraction of sp³-hybridized carbons (Fsp3) is 0.143. The maximum absolute atomic E-state index is 12.7. The topological polar surface area (TPSA) is 68.3 Å². The molecule has 0 aliphatic carbocycles. The molecule has 0 radical (unpaired) electrons. The summed E-state index contributed by atoms with van der Waals surface area (Å²) in [6.07, 6.45) is 0.829. The third-order valence-electron chi connectivity index (χ3n) is 5.65. The monoisotopic (exact) mass is 554 g/mol. The number of rotatable bonds is 11. The molecule has 4 nitrogen and oxygen atoms in total. The van der Waals surface area contributed by atoms with Crippen LogP contribution < -0.4 is 0 Å². The third-order valence-corrected chi connectivity index (χ3v) is 11.7. The van der Waals surface area contributed by atoms with Crippen molar-refractivity contribution >= 4 is 41.3 Å². The van der Waals surface area contributed by atoms with E-state index in [2.05, 4.69) is 0 Å². The van der Waals surface area contributed by atoms with Gasteiger partial charge in [0.2, 0.25) is 0 Å². The maximum Gasteiger partial charge on any atom is 0.178 e. The Labute approximate surface area is 221 Å². The Kier molecular flexibility index (Phi) is 8.95. The van der Waals surface area contributed by atoms with Crippen LogP contribution in [0.25, 0.3) is 0 Å². The molecule has 0 amide bonds. The first kappa shape index (κ1) is 26.5.